The van der Waals surface area contributed by atoms with Crippen LogP contribution in [-0.4, -0.2) is 24.5 Å². The summed E-state index contributed by atoms with van der Waals surface area (Å²) in [5.74, 6) is -1.41. The fourth-order valence-electron chi connectivity index (χ4n) is 3.49. The number of pyridine rings is 1. The van der Waals surface area contributed by atoms with Gasteiger partial charge in [0.05, 0.1) is 4.90 Å². The molecule has 7 nitrogen and oxygen atoms in total. The van der Waals surface area contributed by atoms with E-state index in [-0.39, 0.29) is 16.3 Å². The topological polar surface area (TPSA) is 108 Å². The molecule has 0 amide bonds. The molecule has 3 aromatic rings. The number of benzene rings is 2. The maximum atomic E-state index is 13.1. The van der Waals surface area contributed by atoms with Crippen LogP contribution >= 0.6 is 0 Å². The van der Waals surface area contributed by atoms with Gasteiger partial charge in [0.25, 0.3) is 0 Å². The number of anilines is 2. The molecule has 0 radical (unpaired) electrons. The molecule has 154 valence electrons. The van der Waals surface area contributed by atoms with Crippen molar-refractivity contribution in [3.05, 3.63) is 83.3 Å². The summed E-state index contributed by atoms with van der Waals surface area (Å²) in [6.07, 6.45) is 2.78. The van der Waals surface area contributed by atoms with Gasteiger partial charge in [-0.2, -0.15) is 0 Å². The van der Waals surface area contributed by atoms with Crippen LogP contribution in [0, 0.1) is 5.82 Å². The van der Waals surface area contributed by atoms with Crippen LogP contribution in [-0.2, 0) is 16.4 Å². The van der Waals surface area contributed by atoms with Crippen molar-refractivity contribution in [1.29, 1.82) is 0 Å². The Morgan fingerprint density at radius 2 is 1.90 bits per heavy atom. The van der Waals surface area contributed by atoms with E-state index < -0.39 is 27.9 Å². The molecule has 0 fully saturated rings. The Labute approximate surface area is 172 Å². The second-order valence-corrected chi connectivity index (χ2v) is 8.62. The average molecular weight is 427 g/mol. The number of aryl methyl sites for hydroxylation is 1. The Kier molecular flexibility index (Phi) is 5.23. The molecule has 2 aromatic carbocycles. The summed E-state index contributed by atoms with van der Waals surface area (Å²) in [7, 11) is -3.82. The van der Waals surface area contributed by atoms with Crippen LogP contribution in [0.5, 0.6) is 0 Å². The molecule has 30 heavy (non-hydrogen) atoms. The van der Waals surface area contributed by atoms with E-state index in [0.29, 0.717) is 18.5 Å². The number of sulfonamides is 1. The van der Waals surface area contributed by atoms with Crippen molar-refractivity contribution in [2.24, 2.45) is 0 Å². The molecule has 1 aliphatic rings. The van der Waals surface area contributed by atoms with Gasteiger partial charge in [-0.3, -0.25) is 0 Å². The molecule has 0 saturated heterocycles. The zero-order valence-corrected chi connectivity index (χ0v) is 16.5. The SMILES string of the molecule is O=C(O)c1cccnc1Nc1ccc2c(c1)C(NS(=O)(=O)c1ccc(F)cc1)CC2. The van der Waals surface area contributed by atoms with Crippen molar-refractivity contribution in [2.45, 2.75) is 23.8 Å². The quantitative estimate of drug-likeness (QED) is 0.554. The zero-order valence-electron chi connectivity index (χ0n) is 15.7. The number of carbonyl (C=O) groups is 1. The molecule has 0 bridgehead atoms. The second-order valence-electron chi connectivity index (χ2n) is 6.91. The lowest BCUT2D eigenvalue weighted by molar-refractivity contribution is 0.0697. The summed E-state index contributed by atoms with van der Waals surface area (Å²) < 4.78 is 41.2. The number of hydrogen-bond donors (Lipinski definition) is 3. The smallest absolute Gasteiger partial charge is 0.339 e. The third kappa shape index (κ3) is 4.03. The molecule has 4 rings (SSSR count). The first-order chi connectivity index (χ1) is 14.3. The minimum absolute atomic E-state index is 0.00813. The lowest BCUT2D eigenvalue weighted by atomic mass is 10.1. The number of nitrogens with one attached hydrogen (secondary N) is 2. The Morgan fingerprint density at radius 3 is 2.63 bits per heavy atom. The minimum atomic E-state index is -3.82. The summed E-state index contributed by atoms with van der Waals surface area (Å²) in [5.41, 5.74) is 2.44. The van der Waals surface area contributed by atoms with Crippen LogP contribution in [0.1, 0.15) is 33.9 Å². The van der Waals surface area contributed by atoms with Crippen LogP contribution in [0.15, 0.2) is 65.7 Å². The van der Waals surface area contributed by atoms with Crippen molar-refractivity contribution in [2.75, 3.05) is 5.32 Å². The predicted octanol–water partition coefficient (Wildman–Crippen LogP) is 3.63. The van der Waals surface area contributed by atoms with E-state index in [1.165, 1.54) is 30.5 Å². The number of aromatic carboxylic acids is 1. The highest BCUT2D eigenvalue weighted by atomic mass is 32.2. The molecule has 0 aliphatic heterocycles. The first kappa shape index (κ1) is 20.0. The average Bonchev–Trinajstić information content (AvgIpc) is 3.10. The number of halogens is 1. The molecule has 0 saturated carbocycles. The maximum Gasteiger partial charge on any atom is 0.339 e. The molecule has 9 heteroatoms. The number of nitrogens with zero attached hydrogens (tertiary/aromatic N) is 1. The van der Waals surface area contributed by atoms with Gasteiger partial charge in [0.2, 0.25) is 10.0 Å². The molecule has 3 N–H and O–H groups in total. The third-order valence-corrected chi connectivity index (χ3v) is 6.43. The second kappa shape index (κ2) is 7.85. The highest BCUT2D eigenvalue weighted by Crippen LogP contribution is 2.35. The third-order valence-electron chi connectivity index (χ3n) is 4.95. The number of fused-ring (bicyclic) bond motifs is 1. The Morgan fingerprint density at radius 1 is 1.13 bits per heavy atom. The van der Waals surface area contributed by atoms with E-state index in [9.17, 15) is 22.7 Å². The fraction of sp³-hybridized carbons (Fsp3) is 0.143. The van der Waals surface area contributed by atoms with Crippen molar-refractivity contribution < 1.29 is 22.7 Å². The molecular formula is C21H18FN3O4S. The molecule has 1 aromatic heterocycles. The van der Waals surface area contributed by atoms with Gasteiger partial charge >= 0.3 is 5.97 Å². The van der Waals surface area contributed by atoms with Gasteiger partial charge in [0.15, 0.2) is 0 Å². The highest BCUT2D eigenvalue weighted by Gasteiger charge is 2.28. The van der Waals surface area contributed by atoms with Crippen molar-refractivity contribution in [3.8, 4) is 0 Å². The molecule has 1 aliphatic carbocycles. The van der Waals surface area contributed by atoms with Gasteiger partial charge in [0.1, 0.15) is 17.2 Å². The highest BCUT2D eigenvalue weighted by molar-refractivity contribution is 7.89. The minimum Gasteiger partial charge on any atom is -0.478 e. The number of hydrogen-bond acceptors (Lipinski definition) is 5. The summed E-state index contributed by atoms with van der Waals surface area (Å²) in [6, 6.07) is 12.7. The van der Waals surface area contributed by atoms with E-state index in [1.54, 1.807) is 12.1 Å². The van der Waals surface area contributed by atoms with E-state index in [1.807, 2.05) is 6.07 Å². The van der Waals surface area contributed by atoms with Gasteiger partial charge in [0, 0.05) is 17.9 Å². The fourth-order valence-corrected chi connectivity index (χ4v) is 4.74. The van der Waals surface area contributed by atoms with Crippen molar-refractivity contribution in [1.82, 2.24) is 9.71 Å². The van der Waals surface area contributed by atoms with Gasteiger partial charge in [-0.05, 0) is 72.5 Å². The Bertz CT molecular complexity index is 1210. The van der Waals surface area contributed by atoms with Crippen LogP contribution in [0.4, 0.5) is 15.9 Å². The number of rotatable bonds is 6. The molecular weight excluding hydrogens is 409 g/mol. The first-order valence-electron chi connectivity index (χ1n) is 9.19. The van der Waals surface area contributed by atoms with E-state index >= 15 is 0 Å². The number of aromatic nitrogens is 1. The lowest BCUT2D eigenvalue weighted by Gasteiger charge is -2.16. The van der Waals surface area contributed by atoms with Crippen LogP contribution < -0.4 is 10.0 Å². The van der Waals surface area contributed by atoms with Gasteiger partial charge < -0.3 is 10.4 Å². The van der Waals surface area contributed by atoms with E-state index in [0.717, 1.165) is 23.3 Å². The lowest BCUT2D eigenvalue weighted by Crippen LogP contribution is -2.27. The summed E-state index contributed by atoms with van der Waals surface area (Å²) in [6.45, 7) is 0. The van der Waals surface area contributed by atoms with E-state index in [2.05, 4.69) is 15.0 Å². The van der Waals surface area contributed by atoms with Crippen LogP contribution in [0.25, 0.3) is 0 Å². The summed E-state index contributed by atoms with van der Waals surface area (Å²) >= 11 is 0. The summed E-state index contributed by atoms with van der Waals surface area (Å²) in [4.78, 5) is 15.5. The van der Waals surface area contributed by atoms with Gasteiger partial charge in [-0.25, -0.2) is 27.3 Å². The maximum absolute atomic E-state index is 13.1. The van der Waals surface area contributed by atoms with Gasteiger partial charge in [-0.15, -0.1) is 0 Å². The monoisotopic (exact) mass is 427 g/mol. The standard InChI is InChI=1S/C21H18FN3O4S/c22-14-5-8-16(9-6-14)30(28,29)25-19-10-4-13-3-7-15(12-18(13)19)24-20-17(21(26)27)2-1-11-23-20/h1-3,5-9,11-12,19,25H,4,10H2,(H,23,24)(H,26,27). The van der Waals surface area contributed by atoms with Crippen molar-refractivity contribution >= 4 is 27.5 Å². The van der Waals surface area contributed by atoms with Gasteiger partial charge in [-0.1, -0.05) is 6.07 Å². The molecule has 1 unspecified atom stereocenters. The van der Waals surface area contributed by atoms with Crippen LogP contribution in [0.2, 0.25) is 0 Å². The zero-order chi connectivity index (χ0) is 21.3. The van der Waals surface area contributed by atoms with Crippen molar-refractivity contribution in [3.63, 3.8) is 0 Å². The number of carboxylic acid groups (broad SMARTS) is 1. The normalized spacial score (nSPS) is 15.6. The Balaban J connectivity index is 1.59. The summed E-state index contributed by atoms with van der Waals surface area (Å²) in [5, 5.41) is 12.3. The molecule has 1 heterocycles. The van der Waals surface area contributed by atoms with E-state index in [4.69, 9.17) is 0 Å². The largest absolute Gasteiger partial charge is 0.478 e. The van der Waals surface area contributed by atoms with Crippen LogP contribution in [0.3, 0.4) is 0 Å². The Hall–Kier alpha value is -3.30. The predicted molar refractivity (Wildman–Crippen MR) is 109 cm³/mol. The first-order valence-corrected chi connectivity index (χ1v) is 10.7. The number of carboxylic acids is 1. The molecule has 1 atom stereocenters. The molecule has 0 spiro atoms.